The lowest BCUT2D eigenvalue weighted by Crippen LogP contribution is -2.32. The van der Waals surface area contributed by atoms with Crippen molar-refractivity contribution in [2.45, 2.75) is 50.2 Å². The smallest absolute Gasteiger partial charge is 0.170 e. The molecule has 1 saturated carbocycles. The van der Waals surface area contributed by atoms with E-state index in [1.165, 1.54) is 31.2 Å². The van der Waals surface area contributed by atoms with Crippen LogP contribution in [0.15, 0.2) is 42.9 Å². The lowest BCUT2D eigenvalue weighted by molar-refractivity contribution is 0.292. The highest BCUT2D eigenvalue weighted by atomic mass is 32.1. The third-order valence-electron chi connectivity index (χ3n) is 6.03. The highest BCUT2D eigenvalue weighted by Crippen LogP contribution is 2.40. The molecule has 0 radical (unpaired) electrons. The predicted octanol–water partition coefficient (Wildman–Crippen LogP) is 3.92. The molecule has 0 spiro atoms. The fourth-order valence-electron chi connectivity index (χ4n) is 4.60. The summed E-state index contributed by atoms with van der Waals surface area (Å²) in [7, 11) is 4.24. The van der Waals surface area contributed by atoms with Gasteiger partial charge in [-0.3, -0.25) is 4.98 Å². The first kappa shape index (κ1) is 19.4. The second kappa shape index (κ2) is 8.62. The van der Waals surface area contributed by atoms with Crippen LogP contribution in [0.25, 0.3) is 0 Å². The van der Waals surface area contributed by atoms with Gasteiger partial charge in [-0.05, 0) is 75.9 Å². The topological polar surface area (TPSA) is 36.3 Å². The first-order chi connectivity index (χ1) is 13.6. The van der Waals surface area contributed by atoms with Gasteiger partial charge in [-0.25, -0.2) is 0 Å². The summed E-state index contributed by atoms with van der Waals surface area (Å²) in [4.78, 5) is 9.23. The van der Waals surface area contributed by atoms with Crippen LogP contribution in [-0.4, -0.2) is 51.6 Å². The van der Waals surface area contributed by atoms with E-state index in [1.54, 1.807) is 0 Å². The molecule has 2 aliphatic rings. The van der Waals surface area contributed by atoms with Crippen LogP contribution in [0.5, 0.6) is 0 Å². The van der Waals surface area contributed by atoms with Crippen molar-refractivity contribution in [1.82, 2.24) is 24.7 Å². The van der Waals surface area contributed by atoms with Crippen molar-refractivity contribution in [3.05, 3.63) is 54.1 Å². The van der Waals surface area contributed by atoms with Crippen LogP contribution in [0.3, 0.4) is 0 Å². The zero-order valence-electron chi connectivity index (χ0n) is 16.9. The second-order valence-electron chi connectivity index (χ2n) is 8.31. The van der Waals surface area contributed by atoms with Crippen LogP contribution in [0, 0.1) is 0 Å². The van der Waals surface area contributed by atoms with E-state index in [2.05, 4.69) is 69.4 Å². The second-order valence-corrected chi connectivity index (χ2v) is 8.69. The minimum absolute atomic E-state index is 0.0903. The van der Waals surface area contributed by atoms with Crippen LogP contribution in [0.4, 0.5) is 0 Å². The molecule has 0 aromatic carbocycles. The number of rotatable bonds is 7. The van der Waals surface area contributed by atoms with Crippen LogP contribution >= 0.6 is 12.2 Å². The van der Waals surface area contributed by atoms with E-state index in [0.717, 1.165) is 30.3 Å². The Morgan fingerprint density at radius 3 is 2.75 bits per heavy atom. The van der Waals surface area contributed by atoms with Crippen molar-refractivity contribution in [3.8, 4) is 0 Å². The summed E-state index contributed by atoms with van der Waals surface area (Å²) in [5, 5.41) is 4.40. The summed E-state index contributed by atoms with van der Waals surface area (Å²) in [6.07, 6.45) is 12.9. The largest absolute Gasteiger partial charge is 0.352 e. The Morgan fingerprint density at radius 1 is 1.21 bits per heavy atom. The van der Waals surface area contributed by atoms with Gasteiger partial charge in [-0.1, -0.05) is 18.9 Å². The van der Waals surface area contributed by atoms with Gasteiger partial charge < -0.3 is 19.7 Å². The number of thiocarbonyl (C=S) groups is 1. The molecule has 1 N–H and O–H groups in total. The van der Waals surface area contributed by atoms with Crippen molar-refractivity contribution < 1.29 is 0 Å². The van der Waals surface area contributed by atoms with Gasteiger partial charge in [-0.2, -0.15) is 0 Å². The highest BCUT2D eigenvalue weighted by molar-refractivity contribution is 7.80. The third-order valence-corrected chi connectivity index (χ3v) is 6.38. The maximum absolute atomic E-state index is 5.75. The first-order valence-corrected chi connectivity index (χ1v) is 10.8. The quantitative estimate of drug-likeness (QED) is 0.717. The van der Waals surface area contributed by atoms with Crippen LogP contribution < -0.4 is 5.32 Å². The van der Waals surface area contributed by atoms with E-state index >= 15 is 0 Å². The molecule has 2 aromatic rings. The minimum atomic E-state index is 0.0903. The van der Waals surface area contributed by atoms with Gasteiger partial charge in [0.25, 0.3) is 0 Å². The molecule has 2 aromatic heterocycles. The lowest BCUT2D eigenvalue weighted by atomic mass is 9.99. The van der Waals surface area contributed by atoms with Crippen LogP contribution in [0.2, 0.25) is 0 Å². The Morgan fingerprint density at radius 2 is 2.04 bits per heavy atom. The zero-order valence-corrected chi connectivity index (χ0v) is 17.7. The highest BCUT2D eigenvalue weighted by Gasteiger charge is 2.40. The standard InChI is InChI=1S/C22H31N5S/c1-25(2)13-7-14-27-21(17-11-15-26(16-17)18-8-3-4-9-18)20(24-22(27)28)19-10-5-6-12-23-19/h5-6,10-12,15-16,18,20-21H,3-4,7-9,13-14H2,1-2H3,(H,24,28)/t20-,21+/m0/s1. The molecule has 0 unspecified atom stereocenters. The number of aromatic nitrogens is 2. The maximum atomic E-state index is 5.75. The Kier molecular flexibility index (Phi) is 5.97. The summed E-state index contributed by atoms with van der Waals surface area (Å²) < 4.78 is 2.43. The summed E-state index contributed by atoms with van der Waals surface area (Å²) >= 11 is 5.75. The van der Waals surface area contributed by atoms with Gasteiger partial charge in [0, 0.05) is 31.2 Å². The molecule has 2 fully saturated rings. The van der Waals surface area contributed by atoms with Gasteiger partial charge in [0.2, 0.25) is 0 Å². The van der Waals surface area contributed by atoms with E-state index in [9.17, 15) is 0 Å². The van der Waals surface area contributed by atoms with Gasteiger partial charge in [0.05, 0.1) is 17.8 Å². The predicted molar refractivity (Wildman–Crippen MR) is 117 cm³/mol. The van der Waals surface area contributed by atoms with Crippen molar-refractivity contribution in [2.24, 2.45) is 0 Å². The molecular weight excluding hydrogens is 366 g/mol. The van der Waals surface area contributed by atoms with Gasteiger partial charge in [0.15, 0.2) is 5.11 Å². The summed E-state index contributed by atoms with van der Waals surface area (Å²) in [5.41, 5.74) is 2.39. The van der Waals surface area contributed by atoms with E-state index in [0.29, 0.717) is 6.04 Å². The molecular formula is C22H31N5S. The van der Waals surface area contributed by atoms with E-state index in [-0.39, 0.29) is 12.1 Å². The van der Waals surface area contributed by atoms with Crippen molar-refractivity contribution in [1.29, 1.82) is 0 Å². The summed E-state index contributed by atoms with van der Waals surface area (Å²) in [5.74, 6) is 0. The lowest BCUT2D eigenvalue weighted by Gasteiger charge is -2.27. The summed E-state index contributed by atoms with van der Waals surface area (Å²) in [6.45, 7) is 2.01. The molecule has 2 atom stereocenters. The fourth-order valence-corrected chi connectivity index (χ4v) is 4.93. The molecule has 28 heavy (non-hydrogen) atoms. The number of nitrogens with zero attached hydrogens (tertiary/aromatic N) is 4. The maximum Gasteiger partial charge on any atom is 0.170 e. The normalized spacial score (nSPS) is 23.0. The number of pyridine rings is 1. The number of hydrogen-bond acceptors (Lipinski definition) is 3. The Balaban J connectivity index is 1.61. The molecule has 1 saturated heterocycles. The molecule has 150 valence electrons. The first-order valence-electron chi connectivity index (χ1n) is 10.4. The van der Waals surface area contributed by atoms with Gasteiger partial charge >= 0.3 is 0 Å². The van der Waals surface area contributed by atoms with Crippen molar-refractivity contribution in [3.63, 3.8) is 0 Å². The Bertz CT molecular complexity index is 781. The van der Waals surface area contributed by atoms with Crippen LogP contribution in [-0.2, 0) is 0 Å². The van der Waals surface area contributed by atoms with Crippen LogP contribution in [0.1, 0.15) is 61.5 Å². The Labute approximate surface area is 173 Å². The van der Waals surface area contributed by atoms with E-state index in [4.69, 9.17) is 12.2 Å². The number of nitrogens with one attached hydrogen (secondary N) is 1. The molecule has 4 rings (SSSR count). The fraction of sp³-hybridized carbons (Fsp3) is 0.545. The molecule has 6 heteroatoms. The molecule has 1 aliphatic carbocycles. The van der Waals surface area contributed by atoms with E-state index < -0.39 is 0 Å². The molecule has 3 heterocycles. The molecule has 0 bridgehead atoms. The Hall–Kier alpha value is -1.92. The van der Waals surface area contributed by atoms with Crippen molar-refractivity contribution >= 4 is 17.3 Å². The minimum Gasteiger partial charge on any atom is -0.352 e. The zero-order chi connectivity index (χ0) is 19.5. The molecule has 5 nitrogen and oxygen atoms in total. The molecule has 0 amide bonds. The summed E-state index contributed by atoms with van der Waals surface area (Å²) in [6, 6.07) is 9.35. The SMILES string of the molecule is CN(C)CCCN1C(=S)N[C@@H](c2ccccn2)[C@H]1c1ccn(C2CCCC2)c1. The average molecular weight is 398 g/mol. The average Bonchev–Trinajstić information content (AvgIpc) is 3.42. The monoisotopic (exact) mass is 397 g/mol. The van der Waals surface area contributed by atoms with E-state index in [1.807, 2.05) is 12.3 Å². The van der Waals surface area contributed by atoms with Crippen molar-refractivity contribution in [2.75, 3.05) is 27.2 Å². The molecule has 1 aliphatic heterocycles. The number of hydrogen-bond donors (Lipinski definition) is 1. The van der Waals surface area contributed by atoms with Gasteiger partial charge in [-0.15, -0.1) is 0 Å². The third kappa shape index (κ3) is 4.08. The van der Waals surface area contributed by atoms with Gasteiger partial charge in [0.1, 0.15) is 0 Å².